The Morgan fingerprint density at radius 1 is 1.20 bits per heavy atom. The van der Waals surface area contributed by atoms with Crippen LogP contribution in [0.1, 0.15) is 0 Å². The van der Waals surface area contributed by atoms with Crippen molar-refractivity contribution in [1.29, 1.82) is 0 Å². The second kappa shape index (κ2) is 19.6. The summed E-state index contributed by atoms with van der Waals surface area (Å²) in [5, 5.41) is 0. The van der Waals surface area contributed by atoms with Crippen molar-refractivity contribution in [1.82, 2.24) is 0 Å². The molecule has 0 unspecified atom stereocenters. The third kappa shape index (κ3) is 42.0. The van der Waals surface area contributed by atoms with Gasteiger partial charge in [-0.3, -0.25) is 0 Å². The predicted molar refractivity (Wildman–Crippen MR) is 19.9 cm³/mol. The zero-order valence-electron chi connectivity index (χ0n) is 3.32. The SMILES string of the molecule is [AlH2].[O]=[Ti]=[O].[SiH3]. The van der Waals surface area contributed by atoms with Gasteiger partial charge in [0, 0.05) is 0 Å². The van der Waals surface area contributed by atoms with Crippen molar-refractivity contribution in [3.63, 3.8) is 0 Å². The summed E-state index contributed by atoms with van der Waals surface area (Å²) >= 11 is -2.00. The van der Waals surface area contributed by atoms with Gasteiger partial charge in [-0.2, -0.15) is 0 Å². The van der Waals surface area contributed by atoms with Crippen LogP contribution in [0.3, 0.4) is 0 Å². The van der Waals surface area contributed by atoms with Gasteiger partial charge in [0.15, 0.2) is 0 Å². The summed E-state index contributed by atoms with van der Waals surface area (Å²) in [6.07, 6.45) is 0. The van der Waals surface area contributed by atoms with E-state index in [1.165, 1.54) is 0 Å². The van der Waals surface area contributed by atoms with E-state index in [-0.39, 0.29) is 28.3 Å². The Morgan fingerprint density at radius 2 is 1.20 bits per heavy atom. The molecule has 0 aliphatic rings. The van der Waals surface area contributed by atoms with Crippen molar-refractivity contribution < 1.29 is 25.7 Å². The second-order valence-electron chi connectivity index (χ2n) is 0.0833. The molecule has 2 nitrogen and oxygen atoms in total. The van der Waals surface area contributed by atoms with Gasteiger partial charge in [0.2, 0.25) is 0 Å². The van der Waals surface area contributed by atoms with E-state index in [2.05, 4.69) is 0 Å². The third-order valence-corrected chi connectivity index (χ3v) is 0. The molecule has 0 aromatic heterocycles. The molecule has 0 aromatic carbocycles. The Hall–Kier alpha value is 1.06. The van der Waals surface area contributed by atoms with Gasteiger partial charge in [-0.05, 0) is 11.0 Å². The van der Waals surface area contributed by atoms with E-state index in [0.29, 0.717) is 0 Å². The molecule has 0 bridgehead atoms. The van der Waals surface area contributed by atoms with Crippen LogP contribution in [0, 0.1) is 0 Å². The Labute approximate surface area is 54.1 Å². The molecule has 0 atom stereocenters. The maximum Gasteiger partial charge on any atom is -0.0125 e. The zero-order chi connectivity index (χ0) is 2.71. The summed E-state index contributed by atoms with van der Waals surface area (Å²) < 4.78 is 17.0. The third-order valence-electron chi connectivity index (χ3n) is 0. The minimum absolute atomic E-state index is 0. The number of rotatable bonds is 0. The van der Waals surface area contributed by atoms with Crippen molar-refractivity contribution in [3.05, 3.63) is 0 Å². The molecule has 0 saturated heterocycles. The van der Waals surface area contributed by atoms with E-state index in [1.54, 1.807) is 0 Å². The van der Waals surface area contributed by atoms with Crippen LogP contribution in [0.2, 0.25) is 0 Å². The molecule has 0 N–H and O–H groups in total. The largest absolute Gasteiger partial charge is 0.0125 e. The van der Waals surface area contributed by atoms with Crippen LogP contribution in [-0.4, -0.2) is 28.3 Å². The van der Waals surface area contributed by atoms with Gasteiger partial charge in [0.1, 0.15) is 17.4 Å². The van der Waals surface area contributed by atoms with Gasteiger partial charge in [-0.15, -0.1) is 0 Å². The molecule has 0 fully saturated rings. The maximum absolute atomic E-state index is 8.50. The minimum Gasteiger partial charge on any atom is -0.0125 e. The summed E-state index contributed by atoms with van der Waals surface area (Å²) in [7, 11) is 0. The molecular weight excluding hydrogens is 135 g/mol. The molecule has 5 heteroatoms. The molecule has 2 radical (unpaired) electrons. The Morgan fingerprint density at radius 3 is 1.20 bits per heavy atom. The molecule has 0 aliphatic carbocycles. The Balaban J connectivity index is -0.0000000200. The topological polar surface area (TPSA) is 34.1 Å². The fourth-order valence-electron chi connectivity index (χ4n) is 0. The van der Waals surface area contributed by atoms with E-state index >= 15 is 0 Å². The molecule has 0 spiro atoms. The first-order chi connectivity index (χ1) is 1.41. The molecule has 5 heavy (non-hydrogen) atoms. The first-order valence-corrected chi connectivity index (χ1v) is 1.68. The van der Waals surface area contributed by atoms with Gasteiger partial charge in [0.05, 0.1) is 0 Å². The van der Waals surface area contributed by atoms with E-state index in [4.69, 9.17) is 6.65 Å². The molecule has 0 aliphatic heterocycles. The monoisotopic (exact) mass is 140 g/mol. The Bertz CT molecular complexity index is 30.6. The van der Waals surface area contributed by atoms with Crippen molar-refractivity contribution in [2.45, 2.75) is 0 Å². The summed E-state index contributed by atoms with van der Waals surface area (Å²) in [5.41, 5.74) is 0. The van der Waals surface area contributed by atoms with Gasteiger partial charge < -0.3 is 0 Å². The van der Waals surface area contributed by atoms with E-state index in [9.17, 15) is 0 Å². The summed E-state index contributed by atoms with van der Waals surface area (Å²) in [4.78, 5) is 0. The van der Waals surface area contributed by atoms with Gasteiger partial charge >= 0.3 is 25.7 Å². The molecular formula is H5AlO2SiTi. The summed E-state index contributed by atoms with van der Waals surface area (Å²) in [5.74, 6) is 0. The van der Waals surface area contributed by atoms with Gasteiger partial charge in [0.25, 0.3) is 0 Å². The van der Waals surface area contributed by atoms with Crippen molar-refractivity contribution in [3.8, 4) is 0 Å². The van der Waals surface area contributed by atoms with Crippen LogP contribution in [0.5, 0.6) is 0 Å². The van der Waals surface area contributed by atoms with Crippen molar-refractivity contribution in [2.75, 3.05) is 0 Å². The first-order valence-electron chi connectivity index (χ1n) is 0.408. The van der Waals surface area contributed by atoms with Crippen molar-refractivity contribution in [2.24, 2.45) is 0 Å². The second-order valence-corrected chi connectivity index (χ2v) is 0.344. The molecule has 0 amide bonds. The zero-order valence-corrected chi connectivity index (χ0v) is 8.88. The fourth-order valence-corrected chi connectivity index (χ4v) is 0. The molecule has 0 saturated carbocycles. The smallest absolute Gasteiger partial charge is 0.0125 e. The number of hydrogen-bond acceptors (Lipinski definition) is 2. The van der Waals surface area contributed by atoms with E-state index in [1.807, 2.05) is 0 Å². The standard InChI is InChI=1S/Al.2O.H3Si.Ti.2H/h;;;1H3;;;. The van der Waals surface area contributed by atoms with E-state index < -0.39 is 19.1 Å². The summed E-state index contributed by atoms with van der Waals surface area (Å²) in [6, 6.07) is 0. The van der Waals surface area contributed by atoms with Gasteiger partial charge in [-0.1, -0.05) is 0 Å². The van der Waals surface area contributed by atoms with Crippen LogP contribution in [-0.2, 0) is 25.7 Å². The normalized spacial score (nSPS) is 1.60. The van der Waals surface area contributed by atoms with Crippen LogP contribution < -0.4 is 0 Å². The fraction of sp³-hybridized carbons (Fsp3) is 0. The van der Waals surface area contributed by atoms with E-state index in [0.717, 1.165) is 0 Å². The minimum atomic E-state index is -2.00. The first kappa shape index (κ1) is 16.6. The molecule has 0 heterocycles. The molecule has 28 valence electrons. The predicted octanol–water partition coefficient (Wildman–Crippen LogP) is -2.34. The average Bonchev–Trinajstić information content (AvgIpc) is 0.918. The van der Waals surface area contributed by atoms with Crippen molar-refractivity contribution >= 4 is 28.3 Å². The number of hydrogen-bond donors (Lipinski definition) is 0. The molecule has 0 aromatic rings. The maximum atomic E-state index is 8.50. The Kier molecular flexibility index (Phi) is 65.0. The average molecular weight is 140 g/mol. The van der Waals surface area contributed by atoms with Crippen LogP contribution >= 0.6 is 0 Å². The quantitative estimate of drug-likeness (QED) is 0.353. The molecule has 0 rings (SSSR count). The summed E-state index contributed by atoms with van der Waals surface area (Å²) in [6.45, 7) is 0. The van der Waals surface area contributed by atoms with Crippen LogP contribution in [0.25, 0.3) is 0 Å². The van der Waals surface area contributed by atoms with Crippen LogP contribution in [0.15, 0.2) is 0 Å². The van der Waals surface area contributed by atoms with Crippen LogP contribution in [0.4, 0.5) is 0 Å². The van der Waals surface area contributed by atoms with Gasteiger partial charge in [-0.25, -0.2) is 0 Å².